The Labute approximate surface area is 102 Å². The Morgan fingerprint density at radius 2 is 1.44 bits per heavy atom. The fraction of sp³-hybridized carbons (Fsp3) is 0.867. The summed E-state index contributed by atoms with van der Waals surface area (Å²) >= 11 is 0. The van der Waals surface area contributed by atoms with Gasteiger partial charge in [0.05, 0.1) is 0 Å². The maximum Gasteiger partial charge on any atom is 0.0238 e. The summed E-state index contributed by atoms with van der Waals surface area (Å²) in [5.74, 6) is 2.62. The average Bonchev–Trinajstić information content (AvgIpc) is 2.27. The summed E-state index contributed by atoms with van der Waals surface area (Å²) < 4.78 is 0. The van der Waals surface area contributed by atoms with Crippen LogP contribution in [0.5, 0.6) is 0 Å². The molecule has 1 atom stereocenters. The normalized spacial score (nSPS) is 12.3. The van der Waals surface area contributed by atoms with Crippen LogP contribution in [0.25, 0.3) is 0 Å². The van der Waals surface area contributed by atoms with Gasteiger partial charge < -0.3 is 5.73 Å². The molecule has 2 N–H and O–H groups in total. The van der Waals surface area contributed by atoms with Gasteiger partial charge in [0.15, 0.2) is 0 Å². The van der Waals surface area contributed by atoms with Crippen LogP contribution in [0.2, 0.25) is 0 Å². The fourth-order valence-corrected chi connectivity index (χ4v) is 1.97. The van der Waals surface area contributed by atoms with Gasteiger partial charge in [0.2, 0.25) is 0 Å². The van der Waals surface area contributed by atoms with Gasteiger partial charge in [-0.3, -0.25) is 0 Å². The molecule has 0 rings (SSSR count). The zero-order valence-electron chi connectivity index (χ0n) is 11.0. The Hall–Kier alpha value is -0.480. The molecule has 0 aliphatic carbocycles. The van der Waals surface area contributed by atoms with Gasteiger partial charge in [-0.2, -0.15) is 0 Å². The second kappa shape index (κ2) is 12.6. The van der Waals surface area contributed by atoms with Crippen molar-refractivity contribution in [2.45, 2.75) is 83.6 Å². The molecular weight excluding hydrogens is 194 g/mol. The van der Waals surface area contributed by atoms with E-state index in [0.717, 1.165) is 12.8 Å². The molecule has 0 fully saturated rings. The first-order valence-corrected chi connectivity index (χ1v) is 7.00. The second-order valence-corrected chi connectivity index (χ2v) is 4.79. The van der Waals surface area contributed by atoms with E-state index in [1.54, 1.807) is 0 Å². The van der Waals surface area contributed by atoms with Gasteiger partial charge in [-0.05, 0) is 6.42 Å². The van der Waals surface area contributed by atoms with Crippen LogP contribution in [0.15, 0.2) is 0 Å². The summed E-state index contributed by atoms with van der Waals surface area (Å²) in [6.07, 6.45) is 19.4. The number of unbranched alkanes of at least 4 members (excludes halogenated alkanes) is 8. The number of nitrogens with two attached hydrogens (primary N) is 1. The van der Waals surface area contributed by atoms with E-state index in [2.05, 4.69) is 12.8 Å². The molecule has 94 valence electrons. The molecule has 1 unspecified atom stereocenters. The third-order valence-electron chi connectivity index (χ3n) is 3.06. The molecule has 0 aliphatic rings. The Bertz CT molecular complexity index is 169. The molecule has 0 saturated carbocycles. The van der Waals surface area contributed by atoms with E-state index in [9.17, 15) is 0 Å². The summed E-state index contributed by atoms with van der Waals surface area (Å²) in [5.41, 5.74) is 5.84. The predicted octanol–water partition coefficient (Wildman–Crippen LogP) is 4.26. The van der Waals surface area contributed by atoms with Crippen molar-refractivity contribution in [3.05, 3.63) is 0 Å². The van der Waals surface area contributed by atoms with E-state index in [1.165, 1.54) is 57.8 Å². The maximum atomic E-state index is 5.84. The monoisotopic (exact) mass is 223 g/mol. The van der Waals surface area contributed by atoms with Crippen LogP contribution in [0.4, 0.5) is 0 Å². The zero-order chi connectivity index (χ0) is 12.1. The Morgan fingerprint density at radius 1 is 0.938 bits per heavy atom. The topological polar surface area (TPSA) is 26.0 Å². The van der Waals surface area contributed by atoms with Crippen LogP contribution in [0.1, 0.15) is 77.6 Å². The molecule has 0 radical (unpaired) electrons. The molecule has 0 heterocycles. The molecule has 0 aromatic rings. The van der Waals surface area contributed by atoms with Gasteiger partial charge in [-0.25, -0.2) is 0 Å². The number of hydrogen-bond acceptors (Lipinski definition) is 1. The quantitative estimate of drug-likeness (QED) is 0.411. The Balaban J connectivity index is 3.01. The van der Waals surface area contributed by atoms with E-state index in [4.69, 9.17) is 12.2 Å². The largest absolute Gasteiger partial charge is 0.327 e. The third kappa shape index (κ3) is 11.6. The SMILES string of the molecule is C#CCC(N)CCCCCCCCCCC. The number of terminal acetylenes is 1. The van der Waals surface area contributed by atoms with Crippen molar-refractivity contribution in [2.24, 2.45) is 5.73 Å². The molecule has 0 aliphatic heterocycles. The third-order valence-corrected chi connectivity index (χ3v) is 3.06. The van der Waals surface area contributed by atoms with Crippen LogP contribution < -0.4 is 5.73 Å². The van der Waals surface area contributed by atoms with Gasteiger partial charge in [-0.15, -0.1) is 12.3 Å². The van der Waals surface area contributed by atoms with Crippen molar-refractivity contribution >= 4 is 0 Å². The standard InChI is InChI=1S/C15H29N/c1-3-5-6-7-8-9-10-11-12-14-15(16)13-4-2/h2,15H,3,5-14,16H2,1H3. The lowest BCUT2D eigenvalue weighted by Crippen LogP contribution is -2.18. The van der Waals surface area contributed by atoms with Crippen LogP contribution in [0, 0.1) is 12.3 Å². The van der Waals surface area contributed by atoms with Crippen LogP contribution >= 0.6 is 0 Å². The number of hydrogen-bond donors (Lipinski definition) is 1. The highest BCUT2D eigenvalue weighted by Crippen LogP contribution is 2.11. The zero-order valence-corrected chi connectivity index (χ0v) is 11.0. The highest BCUT2D eigenvalue weighted by molar-refractivity contribution is 4.88. The second-order valence-electron chi connectivity index (χ2n) is 4.79. The van der Waals surface area contributed by atoms with Crippen molar-refractivity contribution < 1.29 is 0 Å². The molecule has 0 aromatic heterocycles. The molecule has 1 heteroatoms. The summed E-state index contributed by atoms with van der Waals surface area (Å²) in [6, 6.07) is 0.231. The van der Waals surface area contributed by atoms with Crippen LogP contribution in [-0.2, 0) is 0 Å². The van der Waals surface area contributed by atoms with Crippen LogP contribution in [-0.4, -0.2) is 6.04 Å². The van der Waals surface area contributed by atoms with E-state index >= 15 is 0 Å². The number of rotatable bonds is 11. The van der Waals surface area contributed by atoms with Crippen molar-refractivity contribution in [3.8, 4) is 12.3 Å². The van der Waals surface area contributed by atoms with E-state index in [-0.39, 0.29) is 6.04 Å². The van der Waals surface area contributed by atoms with E-state index in [0.29, 0.717) is 0 Å². The minimum Gasteiger partial charge on any atom is -0.327 e. The first-order chi connectivity index (χ1) is 7.81. The molecule has 16 heavy (non-hydrogen) atoms. The summed E-state index contributed by atoms with van der Waals surface area (Å²) in [7, 11) is 0. The first-order valence-electron chi connectivity index (χ1n) is 7.00. The predicted molar refractivity (Wildman–Crippen MR) is 73.3 cm³/mol. The van der Waals surface area contributed by atoms with E-state index in [1.807, 2.05) is 0 Å². The van der Waals surface area contributed by atoms with Gasteiger partial charge in [0, 0.05) is 12.5 Å². The summed E-state index contributed by atoms with van der Waals surface area (Å²) in [4.78, 5) is 0. The minimum atomic E-state index is 0.231. The lowest BCUT2D eigenvalue weighted by molar-refractivity contribution is 0.527. The minimum absolute atomic E-state index is 0.231. The van der Waals surface area contributed by atoms with Gasteiger partial charge >= 0.3 is 0 Å². The Kier molecular flexibility index (Phi) is 12.2. The molecule has 0 amide bonds. The summed E-state index contributed by atoms with van der Waals surface area (Å²) in [6.45, 7) is 2.26. The smallest absolute Gasteiger partial charge is 0.0238 e. The van der Waals surface area contributed by atoms with E-state index < -0.39 is 0 Å². The van der Waals surface area contributed by atoms with Gasteiger partial charge in [-0.1, -0.05) is 64.7 Å². The lowest BCUT2D eigenvalue weighted by Gasteiger charge is -2.07. The molecule has 0 saturated heterocycles. The Morgan fingerprint density at radius 3 is 1.94 bits per heavy atom. The highest BCUT2D eigenvalue weighted by atomic mass is 14.6. The molecular formula is C15H29N. The molecule has 1 nitrogen and oxygen atoms in total. The first kappa shape index (κ1) is 15.5. The van der Waals surface area contributed by atoms with Crippen molar-refractivity contribution in [3.63, 3.8) is 0 Å². The lowest BCUT2D eigenvalue weighted by atomic mass is 10.0. The summed E-state index contributed by atoms with van der Waals surface area (Å²) in [5, 5.41) is 0. The van der Waals surface area contributed by atoms with Crippen molar-refractivity contribution in [1.82, 2.24) is 0 Å². The van der Waals surface area contributed by atoms with Crippen LogP contribution in [0.3, 0.4) is 0 Å². The maximum absolute atomic E-state index is 5.84. The average molecular weight is 223 g/mol. The van der Waals surface area contributed by atoms with Gasteiger partial charge in [0.1, 0.15) is 0 Å². The van der Waals surface area contributed by atoms with Crippen molar-refractivity contribution in [1.29, 1.82) is 0 Å². The van der Waals surface area contributed by atoms with Gasteiger partial charge in [0.25, 0.3) is 0 Å². The fourth-order valence-electron chi connectivity index (χ4n) is 1.97. The molecule has 0 spiro atoms. The van der Waals surface area contributed by atoms with Crippen molar-refractivity contribution in [2.75, 3.05) is 0 Å². The molecule has 0 bridgehead atoms. The molecule has 0 aromatic carbocycles. The highest BCUT2D eigenvalue weighted by Gasteiger charge is 1.99.